The van der Waals surface area contributed by atoms with Gasteiger partial charge in [0.15, 0.2) is 35.2 Å². The summed E-state index contributed by atoms with van der Waals surface area (Å²) in [4.78, 5) is 57.3. The van der Waals surface area contributed by atoms with Crippen molar-refractivity contribution in [3.8, 4) is 0 Å². The van der Waals surface area contributed by atoms with Crippen LogP contribution in [0.1, 0.15) is 246 Å². The number of anilines is 1. The Balaban J connectivity index is 3.04. The van der Waals surface area contributed by atoms with Gasteiger partial charge in [-0.2, -0.15) is 0 Å². The molecule has 400 valence electrons. The number of ether oxygens (including phenoxy) is 1. The number of alkyl carbamates (subject to hydrolysis) is 1. The summed E-state index contributed by atoms with van der Waals surface area (Å²) in [6, 6.07) is 5.69. The maximum atomic E-state index is 14.4. The molecule has 1 rings (SSSR count). The molecule has 1 amide bonds. The second kappa shape index (κ2) is 40.3. The zero-order valence-electron chi connectivity index (χ0n) is 44.3. The van der Waals surface area contributed by atoms with E-state index in [9.17, 15) is 34.5 Å². The van der Waals surface area contributed by atoms with Crippen LogP contribution in [0.15, 0.2) is 24.3 Å². The molecular weight excluding hydrogens is 912 g/mol. The summed E-state index contributed by atoms with van der Waals surface area (Å²) < 4.78 is 5.47. The number of carbonyl (C=O) groups is 4. The van der Waals surface area contributed by atoms with Gasteiger partial charge in [-0.3, -0.25) is 14.4 Å². The zero-order valence-corrected chi connectivity index (χ0v) is 45.8. The molecule has 4 unspecified atom stereocenters. The van der Waals surface area contributed by atoms with E-state index in [1.54, 1.807) is 32.9 Å². The maximum Gasteiger partial charge on any atom is 0.408 e. The molecule has 0 saturated heterocycles. The van der Waals surface area contributed by atoms with Gasteiger partial charge in [0.2, 0.25) is 0 Å². The Morgan fingerprint density at radius 1 is 0.565 bits per heavy atom. The van der Waals surface area contributed by atoms with E-state index in [0.29, 0.717) is 49.7 Å². The van der Waals surface area contributed by atoms with Crippen molar-refractivity contribution in [2.24, 2.45) is 0 Å². The van der Waals surface area contributed by atoms with Crippen LogP contribution < -0.4 is 10.2 Å². The number of ketones is 3. The number of aliphatic hydroxyl groups excluding tert-OH is 2. The molecule has 0 spiro atoms. The lowest BCUT2D eigenvalue weighted by Gasteiger charge is -2.36. The highest BCUT2D eigenvalue weighted by Crippen LogP contribution is 2.27. The van der Waals surface area contributed by atoms with Crippen LogP contribution in [0.2, 0.25) is 0 Å². The van der Waals surface area contributed by atoms with Crippen LogP contribution in [0, 0.1) is 0 Å². The molecule has 0 aromatic heterocycles. The van der Waals surface area contributed by atoms with Crippen molar-refractivity contribution in [3.63, 3.8) is 0 Å². The Bertz CT molecular complexity index is 1470. The predicted octanol–water partition coefficient (Wildman–Crippen LogP) is 14.1. The third-order valence-electron chi connectivity index (χ3n) is 13.4. The van der Waals surface area contributed by atoms with Gasteiger partial charge in [-0.25, -0.2) is 4.79 Å². The summed E-state index contributed by atoms with van der Waals surface area (Å²) in [5.41, 5.74) is -2.61. The van der Waals surface area contributed by atoms with Gasteiger partial charge in [0, 0.05) is 43.4 Å². The minimum Gasteiger partial charge on any atom is -0.444 e. The topological polar surface area (TPSA) is 153 Å². The number of nitrogens with zero attached hydrogens (tertiary/aromatic N) is 1. The molecule has 0 heterocycles. The Morgan fingerprint density at radius 3 is 1.29 bits per heavy atom. The van der Waals surface area contributed by atoms with Crippen molar-refractivity contribution in [2.75, 3.05) is 29.7 Å². The van der Waals surface area contributed by atoms with Gasteiger partial charge in [-0.1, -0.05) is 206 Å². The SMILES string of the molecule is CCCCCCCCCCCCCCCCCC(=O)C(O)C(O)(C(=O)CCCCCCCCCCCCCCCCC)C(O)C(=O)C(Cc1ccc(N(CCCl)CCCl)cc1)NC(=O)OC(C)(C)C. The largest absolute Gasteiger partial charge is 0.444 e. The molecule has 69 heavy (non-hydrogen) atoms. The van der Waals surface area contributed by atoms with Gasteiger partial charge in [0.05, 0.1) is 6.04 Å². The fourth-order valence-corrected chi connectivity index (χ4v) is 9.51. The van der Waals surface area contributed by atoms with Gasteiger partial charge in [0.25, 0.3) is 0 Å². The molecule has 1 aromatic rings. The minimum atomic E-state index is -3.12. The Labute approximate surface area is 430 Å². The zero-order chi connectivity index (χ0) is 51.2. The number of carbonyl (C=O) groups excluding carboxylic acids is 4. The van der Waals surface area contributed by atoms with Crippen LogP contribution in [-0.2, 0) is 25.5 Å². The molecule has 1 aromatic carbocycles. The molecule has 0 fully saturated rings. The van der Waals surface area contributed by atoms with Crippen molar-refractivity contribution >= 4 is 52.3 Å². The van der Waals surface area contributed by atoms with Crippen LogP contribution in [0.5, 0.6) is 0 Å². The highest BCUT2D eigenvalue weighted by molar-refractivity contribution is 6.18. The first kappa shape index (κ1) is 64.8. The van der Waals surface area contributed by atoms with Gasteiger partial charge in [-0.05, 0) is 57.7 Å². The lowest BCUT2D eigenvalue weighted by molar-refractivity contribution is -0.182. The lowest BCUT2D eigenvalue weighted by Crippen LogP contribution is -2.65. The van der Waals surface area contributed by atoms with Crippen LogP contribution in [0.3, 0.4) is 0 Å². The molecule has 12 heteroatoms. The molecule has 0 radical (unpaired) electrons. The molecule has 10 nitrogen and oxygen atoms in total. The standard InChI is InChI=1S/C57H100Cl2N2O8/c1-6-8-10-12-14-16-18-20-22-24-26-28-30-32-34-36-50(62)53(65)57(68,51(63)37-35-33-31-29-27-25-23-21-19-17-15-13-11-9-7-2)54(66)52(64)49(60-55(67)69-56(3,4)5)46-47-38-40-48(41-39-47)61(44-42-58)45-43-59/h38-41,49,53-54,65-66,68H,6-37,42-46H2,1-5H3,(H,60,67). The molecule has 4 N–H and O–H groups in total. The normalized spacial score (nSPS) is 13.9. The monoisotopic (exact) mass is 1010 g/mol. The quantitative estimate of drug-likeness (QED) is 0.0369. The highest BCUT2D eigenvalue weighted by atomic mass is 35.5. The predicted molar refractivity (Wildman–Crippen MR) is 288 cm³/mol. The highest BCUT2D eigenvalue weighted by Gasteiger charge is 2.55. The number of alkyl halides is 2. The van der Waals surface area contributed by atoms with Gasteiger partial charge in [-0.15, -0.1) is 23.2 Å². The smallest absolute Gasteiger partial charge is 0.408 e. The number of benzene rings is 1. The molecular formula is C57H100Cl2N2O8. The summed E-state index contributed by atoms with van der Waals surface area (Å²) in [5, 5.41) is 38.1. The van der Waals surface area contributed by atoms with Crippen LogP contribution in [-0.4, -0.2) is 93.1 Å². The van der Waals surface area contributed by atoms with Crippen molar-refractivity contribution in [1.82, 2.24) is 5.32 Å². The molecule has 4 atom stereocenters. The third-order valence-corrected chi connectivity index (χ3v) is 13.7. The molecule has 0 aliphatic rings. The molecule has 0 aliphatic heterocycles. The maximum absolute atomic E-state index is 14.4. The van der Waals surface area contributed by atoms with E-state index < -0.39 is 52.9 Å². The van der Waals surface area contributed by atoms with Crippen LogP contribution in [0.4, 0.5) is 10.5 Å². The fraction of sp³-hybridized carbons (Fsp3) is 0.825. The van der Waals surface area contributed by atoms with Gasteiger partial charge in [0.1, 0.15) is 5.60 Å². The summed E-state index contributed by atoms with van der Waals surface area (Å²) in [6.45, 7) is 10.6. The summed E-state index contributed by atoms with van der Waals surface area (Å²) in [7, 11) is 0. The van der Waals surface area contributed by atoms with Crippen molar-refractivity contribution in [1.29, 1.82) is 0 Å². The number of Topliss-reactive ketones (excluding diaryl/α,β-unsaturated/α-hetero) is 3. The van der Waals surface area contributed by atoms with Crippen LogP contribution >= 0.6 is 23.2 Å². The van der Waals surface area contributed by atoms with E-state index in [2.05, 4.69) is 19.2 Å². The van der Waals surface area contributed by atoms with E-state index in [4.69, 9.17) is 27.9 Å². The number of halogens is 2. The number of unbranched alkanes of at least 4 members (excludes halogenated alkanes) is 28. The van der Waals surface area contributed by atoms with E-state index >= 15 is 0 Å². The molecule has 0 saturated carbocycles. The first-order valence-corrected chi connectivity index (χ1v) is 28.9. The van der Waals surface area contributed by atoms with E-state index in [1.165, 1.54) is 128 Å². The number of aliphatic hydroxyl groups is 3. The van der Waals surface area contributed by atoms with Crippen molar-refractivity contribution in [2.45, 2.75) is 276 Å². The molecule has 0 bridgehead atoms. The first-order valence-electron chi connectivity index (χ1n) is 27.8. The Hall–Kier alpha value is -2.24. The van der Waals surface area contributed by atoms with Crippen molar-refractivity contribution in [3.05, 3.63) is 29.8 Å². The van der Waals surface area contributed by atoms with E-state index in [-0.39, 0.29) is 19.3 Å². The van der Waals surface area contributed by atoms with Gasteiger partial charge >= 0.3 is 6.09 Å². The number of amides is 1. The van der Waals surface area contributed by atoms with E-state index in [1.807, 2.05) is 17.0 Å². The third kappa shape index (κ3) is 29.8. The van der Waals surface area contributed by atoms with Crippen molar-refractivity contribution < 1.29 is 39.2 Å². The average molecular weight is 1010 g/mol. The number of hydrogen-bond donors (Lipinski definition) is 4. The summed E-state index contributed by atoms with van der Waals surface area (Å²) in [6.07, 6.45) is 27.7. The summed E-state index contributed by atoms with van der Waals surface area (Å²) in [5.74, 6) is -2.13. The molecule has 0 aliphatic carbocycles. The minimum absolute atomic E-state index is 0.120. The van der Waals surface area contributed by atoms with Crippen LogP contribution in [0.25, 0.3) is 0 Å². The number of hydrogen-bond acceptors (Lipinski definition) is 9. The Kier molecular flexibility index (Phi) is 37.8. The van der Waals surface area contributed by atoms with E-state index in [0.717, 1.165) is 50.6 Å². The summed E-state index contributed by atoms with van der Waals surface area (Å²) >= 11 is 12.1. The number of nitrogens with one attached hydrogen (secondary N) is 1. The Morgan fingerprint density at radius 2 is 0.928 bits per heavy atom. The number of rotatable bonds is 46. The second-order valence-electron chi connectivity index (χ2n) is 20.8. The average Bonchev–Trinajstić information content (AvgIpc) is 3.32. The van der Waals surface area contributed by atoms with Gasteiger partial charge < -0.3 is 30.3 Å². The fourth-order valence-electron chi connectivity index (χ4n) is 9.10. The lowest BCUT2D eigenvalue weighted by atomic mass is 9.77. The first-order chi connectivity index (χ1) is 33.2. The second-order valence-corrected chi connectivity index (χ2v) is 21.5.